The number of carbonyl (C=O) groups excluding carboxylic acids is 1. The lowest BCUT2D eigenvalue weighted by Crippen LogP contribution is -2.30. The van der Waals surface area contributed by atoms with Gasteiger partial charge in [-0.25, -0.2) is 4.98 Å². The summed E-state index contributed by atoms with van der Waals surface area (Å²) in [7, 11) is 3.91. The van der Waals surface area contributed by atoms with Gasteiger partial charge in [0, 0.05) is 45.4 Å². The van der Waals surface area contributed by atoms with Crippen LogP contribution in [0.5, 0.6) is 0 Å². The van der Waals surface area contributed by atoms with Crippen LogP contribution in [0.25, 0.3) is 0 Å². The highest BCUT2D eigenvalue weighted by molar-refractivity contribution is 5.76. The summed E-state index contributed by atoms with van der Waals surface area (Å²) in [5.74, 6) is 2.23. The van der Waals surface area contributed by atoms with Crippen LogP contribution in [0.2, 0.25) is 0 Å². The monoisotopic (exact) mass is 305 g/mol. The number of aryl methyl sites for hydroxylation is 1. The van der Waals surface area contributed by atoms with Crippen molar-refractivity contribution in [1.29, 1.82) is 0 Å². The summed E-state index contributed by atoms with van der Waals surface area (Å²) in [6.07, 6.45) is 5.63. The van der Waals surface area contributed by atoms with E-state index in [4.69, 9.17) is 0 Å². The third-order valence-electron chi connectivity index (χ3n) is 3.98. The van der Waals surface area contributed by atoms with E-state index in [-0.39, 0.29) is 5.91 Å². The fraction of sp³-hybridized carbons (Fsp3) is 0.688. The molecule has 0 saturated heterocycles. The van der Waals surface area contributed by atoms with Crippen molar-refractivity contribution in [3.05, 3.63) is 11.8 Å². The molecule has 0 spiro atoms. The molecule has 0 atom stereocenters. The van der Waals surface area contributed by atoms with Crippen molar-refractivity contribution in [3.8, 4) is 0 Å². The minimum absolute atomic E-state index is 0.160. The van der Waals surface area contributed by atoms with Crippen molar-refractivity contribution in [2.24, 2.45) is 5.92 Å². The number of rotatable bonds is 7. The standard InChI is InChI=1S/C16H27N5O/c1-12-10-14(21(2)3)20-16(19-12)18-9-8-17-15(22)11-13-6-4-5-7-13/h10,13H,4-9,11H2,1-3H3,(H,17,22)(H,18,19,20). The largest absolute Gasteiger partial charge is 0.363 e. The van der Waals surface area contributed by atoms with E-state index in [0.29, 0.717) is 31.4 Å². The molecule has 0 aliphatic heterocycles. The van der Waals surface area contributed by atoms with Crippen LogP contribution < -0.4 is 15.5 Å². The Balaban J connectivity index is 1.70. The topological polar surface area (TPSA) is 70.2 Å². The first-order chi connectivity index (χ1) is 10.5. The quantitative estimate of drug-likeness (QED) is 0.754. The van der Waals surface area contributed by atoms with Gasteiger partial charge in [0.25, 0.3) is 0 Å². The third kappa shape index (κ3) is 5.16. The van der Waals surface area contributed by atoms with Crippen molar-refractivity contribution < 1.29 is 4.79 Å². The first-order valence-electron chi connectivity index (χ1n) is 8.08. The molecular weight excluding hydrogens is 278 g/mol. The molecule has 1 aliphatic carbocycles. The molecule has 0 unspecified atom stereocenters. The highest BCUT2D eigenvalue weighted by atomic mass is 16.1. The minimum atomic E-state index is 0.160. The first kappa shape index (κ1) is 16.5. The van der Waals surface area contributed by atoms with Crippen LogP contribution >= 0.6 is 0 Å². The number of carbonyl (C=O) groups is 1. The zero-order valence-electron chi connectivity index (χ0n) is 13.9. The molecule has 6 nitrogen and oxygen atoms in total. The van der Waals surface area contributed by atoms with E-state index in [1.165, 1.54) is 25.7 Å². The average Bonchev–Trinajstić information content (AvgIpc) is 2.96. The Morgan fingerprint density at radius 3 is 2.68 bits per heavy atom. The number of amides is 1. The third-order valence-corrected chi connectivity index (χ3v) is 3.98. The van der Waals surface area contributed by atoms with Crippen LogP contribution in [0.1, 0.15) is 37.8 Å². The number of hydrogen-bond donors (Lipinski definition) is 2. The van der Waals surface area contributed by atoms with Crippen LogP contribution in [0, 0.1) is 12.8 Å². The van der Waals surface area contributed by atoms with E-state index in [9.17, 15) is 4.79 Å². The van der Waals surface area contributed by atoms with Crippen molar-refractivity contribution in [2.75, 3.05) is 37.4 Å². The second-order valence-corrected chi connectivity index (χ2v) is 6.22. The predicted octanol–water partition coefficient (Wildman–Crippen LogP) is 1.96. The van der Waals surface area contributed by atoms with Gasteiger partial charge in [-0.3, -0.25) is 4.79 Å². The van der Waals surface area contributed by atoms with Gasteiger partial charge in [0.1, 0.15) is 5.82 Å². The van der Waals surface area contributed by atoms with Gasteiger partial charge < -0.3 is 15.5 Å². The van der Waals surface area contributed by atoms with Crippen LogP contribution in [0.15, 0.2) is 6.07 Å². The van der Waals surface area contributed by atoms with Crippen LogP contribution in [0.4, 0.5) is 11.8 Å². The highest BCUT2D eigenvalue weighted by Crippen LogP contribution is 2.27. The van der Waals surface area contributed by atoms with E-state index in [0.717, 1.165) is 11.5 Å². The number of anilines is 2. The number of aromatic nitrogens is 2. The Morgan fingerprint density at radius 2 is 2.00 bits per heavy atom. The molecule has 1 aromatic heterocycles. The van der Waals surface area contributed by atoms with Gasteiger partial charge >= 0.3 is 0 Å². The van der Waals surface area contributed by atoms with Crippen molar-refractivity contribution >= 4 is 17.7 Å². The van der Waals surface area contributed by atoms with Gasteiger partial charge in [0.2, 0.25) is 11.9 Å². The summed E-state index contributed by atoms with van der Waals surface area (Å²) in [5.41, 5.74) is 0.923. The molecule has 1 heterocycles. The zero-order valence-corrected chi connectivity index (χ0v) is 13.9. The van der Waals surface area contributed by atoms with E-state index in [1.807, 2.05) is 32.0 Å². The molecule has 0 radical (unpaired) electrons. The molecule has 1 saturated carbocycles. The lowest BCUT2D eigenvalue weighted by molar-refractivity contribution is -0.121. The molecule has 1 aromatic rings. The Morgan fingerprint density at radius 1 is 1.27 bits per heavy atom. The zero-order chi connectivity index (χ0) is 15.9. The Bertz CT molecular complexity index is 497. The van der Waals surface area contributed by atoms with E-state index >= 15 is 0 Å². The summed E-state index contributed by atoms with van der Waals surface area (Å²) in [4.78, 5) is 22.6. The Hall–Kier alpha value is -1.85. The molecule has 122 valence electrons. The Labute approximate surface area is 132 Å². The van der Waals surface area contributed by atoms with E-state index in [1.54, 1.807) is 0 Å². The number of hydrogen-bond acceptors (Lipinski definition) is 5. The number of nitrogens with zero attached hydrogens (tertiary/aromatic N) is 3. The lowest BCUT2D eigenvalue weighted by atomic mass is 10.0. The molecule has 6 heteroatoms. The van der Waals surface area contributed by atoms with Gasteiger partial charge in [-0.1, -0.05) is 12.8 Å². The average molecular weight is 305 g/mol. The van der Waals surface area contributed by atoms with Crippen molar-refractivity contribution in [1.82, 2.24) is 15.3 Å². The van der Waals surface area contributed by atoms with Gasteiger partial charge in [0.05, 0.1) is 0 Å². The maximum Gasteiger partial charge on any atom is 0.224 e. The molecule has 1 amide bonds. The second-order valence-electron chi connectivity index (χ2n) is 6.22. The Kier molecular flexibility index (Phi) is 5.98. The minimum Gasteiger partial charge on any atom is -0.363 e. The van der Waals surface area contributed by atoms with E-state index < -0.39 is 0 Å². The SMILES string of the molecule is Cc1cc(N(C)C)nc(NCCNC(=O)CC2CCCC2)n1. The summed E-state index contributed by atoms with van der Waals surface area (Å²) >= 11 is 0. The maximum absolute atomic E-state index is 11.8. The molecule has 1 fully saturated rings. The summed E-state index contributed by atoms with van der Waals surface area (Å²) in [6, 6.07) is 1.94. The van der Waals surface area contributed by atoms with Crippen molar-refractivity contribution in [2.45, 2.75) is 39.0 Å². The fourth-order valence-corrected chi connectivity index (χ4v) is 2.79. The number of nitrogens with one attached hydrogen (secondary N) is 2. The molecule has 22 heavy (non-hydrogen) atoms. The second kappa shape index (κ2) is 7.96. The highest BCUT2D eigenvalue weighted by Gasteiger charge is 2.17. The first-order valence-corrected chi connectivity index (χ1v) is 8.08. The van der Waals surface area contributed by atoms with Gasteiger partial charge in [-0.2, -0.15) is 4.98 Å². The molecule has 2 N–H and O–H groups in total. The molecule has 1 aliphatic rings. The van der Waals surface area contributed by atoms with Crippen LogP contribution in [0.3, 0.4) is 0 Å². The molecule has 2 rings (SSSR count). The van der Waals surface area contributed by atoms with Gasteiger partial charge in [-0.05, 0) is 25.7 Å². The summed E-state index contributed by atoms with van der Waals surface area (Å²) in [6.45, 7) is 3.18. The molecule has 0 aromatic carbocycles. The normalized spacial score (nSPS) is 14.9. The van der Waals surface area contributed by atoms with Crippen LogP contribution in [-0.4, -0.2) is 43.1 Å². The lowest BCUT2D eigenvalue weighted by Gasteiger charge is -2.14. The van der Waals surface area contributed by atoms with E-state index in [2.05, 4.69) is 20.6 Å². The van der Waals surface area contributed by atoms with Crippen LogP contribution in [-0.2, 0) is 4.79 Å². The summed E-state index contributed by atoms with van der Waals surface area (Å²) < 4.78 is 0. The van der Waals surface area contributed by atoms with Crippen molar-refractivity contribution in [3.63, 3.8) is 0 Å². The summed E-state index contributed by atoms with van der Waals surface area (Å²) in [5, 5.41) is 6.13. The smallest absolute Gasteiger partial charge is 0.224 e. The van der Waals surface area contributed by atoms with Gasteiger partial charge in [-0.15, -0.1) is 0 Å². The predicted molar refractivity (Wildman–Crippen MR) is 89.2 cm³/mol. The fourth-order valence-electron chi connectivity index (χ4n) is 2.79. The van der Waals surface area contributed by atoms with Gasteiger partial charge in [0.15, 0.2) is 0 Å². The molecule has 0 bridgehead atoms. The molecular formula is C16H27N5O. The maximum atomic E-state index is 11.8.